The van der Waals surface area contributed by atoms with Crippen LogP contribution in [0.1, 0.15) is 42.2 Å². The summed E-state index contributed by atoms with van der Waals surface area (Å²) in [6, 6.07) is 18.7. The van der Waals surface area contributed by atoms with Crippen molar-refractivity contribution in [2.45, 2.75) is 25.6 Å². The molecule has 0 saturated carbocycles. The predicted molar refractivity (Wildman–Crippen MR) is 131 cm³/mol. The predicted octanol–water partition coefficient (Wildman–Crippen LogP) is 6.44. The molecule has 3 aromatic rings. The Labute approximate surface area is 201 Å². The molecule has 2 atom stereocenters. The Morgan fingerprint density at radius 2 is 1.88 bits per heavy atom. The summed E-state index contributed by atoms with van der Waals surface area (Å²) in [6.45, 7) is 2.58. The van der Waals surface area contributed by atoms with Crippen LogP contribution in [0.4, 0.5) is 0 Å². The zero-order valence-electron chi connectivity index (χ0n) is 17.8. The van der Waals surface area contributed by atoms with Crippen LogP contribution in [0.15, 0.2) is 70.1 Å². The van der Waals surface area contributed by atoms with Crippen LogP contribution in [0.25, 0.3) is 0 Å². The first-order valence-electron chi connectivity index (χ1n) is 10.4. The van der Waals surface area contributed by atoms with Gasteiger partial charge in [0.05, 0.1) is 13.7 Å². The molecule has 0 bridgehead atoms. The maximum atomic E-state index is 10.6. The van der Waals surface area contributed by atoms with Crippen molar-refractivity contribution >= 4 is 33.2 Å². The molecule has 2 N–H and O–H groups in total. The number of hydrogen-bond donors (Lipinski definition) is 2. The van der Waals surface area contributed by atoms with Gasteiger partial charge in [0.1, 0.15) is 23.4 Å². The zero-order chi connectivity index (χ0) is 22.7. The SMILES string of the molecule is CCOc1ccc(C2=NC(c3cc(Br)ccc3OC)NC(c3cc(Cl)ccc3O)C2)cc1. The fourth-order valence-corrected chi connectivity index (χ4v) is 4.43. The normalized spacial score (nSPS) is 18.2. The molecule has 1 aliphatic heterocycles. The summed E-state index contributed by atoms with van der Waals surface area (Å²) in [5, 5.41) is 14.7. The number of aromatic hydroxyl groups is 1. The van der Waals surface area contributed by atoms with Gasteiger partial charge in [-0.3, -0.25) is 10.3 Å². The summed E-state index contributed by atoms with van der Waals surface area (Å²) in [5.74, 6) is 1.75. The number of ether oxygens (including phenoxy) is 2. The molecule has 1 heterocycles. The van der Waals surface area contributed by atoms with Crippen LogP contribution in [-0.2, 0) is 0 Å². The number of nitrogens with one attached hydrogen (secondary N) is 1. The second kappa shape index (κ2) is 9.94. The molecule has 0 radical (unpaired) electrons. The lowest BCUT2D eigenvalue weighted by molar-refractivity contribution is 0.340. The van der Waals surface area contributed by atoms with Gasteiger partial charge in [-0.25, -0.2) is 0 Å². The Morgan fingerprint density at radius 3 is 2.59 bits per heavy atom. The van der Waals surface area contributed by atoms with E-state index in [-0.39, 0.29) is 18.0 Å². The van der Waals surface area contributed by atoms with Gasteiger partial charge in [0.25, 0.3) is 0 Å². The maximum absolute atomic E-state index is 10.6. The Bertz CT molecular complexity index is 1130. The number of benzene rings is 3. The molecule has 0 spiro atoms. The van der Waals surface area contributed by atoms with E-state index in [9.17, 15) is 5.11 Å². The van der Waals surface area contributed by atoms with E-state index in [1.54, 1.807) is 25.3 Å². The quantitative estimate of drug-likeness (QED) is 0.397. The zero-order valence-corrected chi connectivity index (χ0v) is 20.2. The average Bonchev–Trinajstić information content (AvgIpc) is 2.81. The van der Waals surface area contributed by atoms with E-state index in [0.29, 0.717) is 18.1 Å². The molecular weight excluding hydrogens is 492 g/mol. The third kappa shape index (κ3) is 4.93. The first-order valence-corrected chi connectivity index (χ1v) is 11.5. The third-order valence-electron chi connectivity index (χ3n) is 5.39. The standard InChI is InChI=1S/C25H24BrClN2O3/c1-3-32-18-8-4-15(5-9-18)21-14-22(19-13-17(27)7-10-23(19)30)29-25(28-21)20-12-16(26)6-11-24(20)31-2/h4-13,22,25,29-30H,3,14H2,1-2H3. The highest BCUT2D eigenvalue weighted by molar-refractivity contribution is 9.10. The number of hydrogen-bond acceptors (Lipinski definition) is 5. The number of rotatable bonds is 6. The smallest absolute Gasteiger partial charge is 0.130 e. The van der Waals surface area contributed by atoms with Gasteiger partial charge in [-0.1, -0.05) is 27.5 Å². The van der Waals surface area contributed by atoms with Crippen LogP contribution < -0.4 is 14.8 Å². The molecular formula is C25H24BrClN2O3. The van der Waals surface area contributed by atoms with Crippen LogP contribution in [0, 0.1) is 0 Å². The van der Waals surface area contributed by atoms with E-state index in [0.717, 1.165) is 38.4 Å². The number of aliphatic imine (C=N–C) groups is 1. The van der Waals surface area contributed by atoms with Crippen LogP contribution in [-0.4, -0.2) is 24.5 Å². The van der Waals surface area contributed by atoms with Crippen molar-refractivity contribution in [1.29, 1.82) is 0 Å². The minimum absolute atomic E-state index is 0.193. The Morgan fingerprint density at radius 1 is 1.09 bits per heavy atom. The van der Waals surface area contributed by atoms with Crippen molar-refractivity contribution in [3.05, 3.63) is 86.8 Å². The second-order valence-electron chi connectivity index (χ2n) is 7.45. The van der Waals surface area contributed by atoms with Gasteiger partial charge in [-0.2, -0.15) is 0 Å². The molecule has 4 rings (SSSR count). The van der Waals surface area contributed by atoms with E-state index >= 15 is 0 Å². The molecule has 5 nitrogen and oxygen atoms in total. The fraction of sp³-hybridized carbons (Fsp3) is 0.240. The molecule has 7 heteroatoms. The number of phenolic OH excluding ortho intramolecular Hbond substituents is 1. The van der Waals surface area contributed by atoms with Crippen LogP contribution >= 0.6 is 27.5 Å². The van der Waals surface area contributed by atoms with Crippen LogP contribution in [0.3, 0.4) is 0 Å². The first-order chi connectivity index (χ1) is 15.5. The Balaban J connectivity index is 1.78. The molecule has 0 fully saturated rings. The van der Waals surface area contributed by atoms with Gasteiger partial charge in [-0.15, -0.1) is 0 Å². The minimum atomic E-state index is -0.374. The van der Waals surface area contributed by atoms with Crippen molar-refractivity contribution < 1.29 is 14.6 Å². The van der Waals surface area contributed by atoms with Crippen LogP contribution in [0.5, 0.6) is 17.2 Å². The number of nitrogens with zero attached hydrogens (tertiary/aromatic N) is 1. The van der Waals surface area contributed by atoms with E-state index in [2.05, 4.69) is 21.2 Å². The number of phenols is 1. The lowest BCUT2D eigenvalue weighted by Crippen LogP contribution is -2.33. The summed E-state index contributed by atoms with van der Waals surface area (Å²) in [5.41, 5.74) is 3.55. The lowest BCUT2D eigenvalue weighted by atomic mass is 9.93. The number of methoxy groups -OCH3 is 1. The van der Waals surface area contributed by atoms with Gasteiger partial charge in [0.2, 0.25) is 0 Å². The second-order valence-corrected chi connectivity index (χ2v) is 8.80. The number of halogens is 2. The van der Waals surface area contributed by atoms with E-state index in [1.807, 2.05) is 49.4 Å². The Hall–Kier alpha value is -2.54. The lowest BCUT2D eigenvalue weighted by Gasteiger charge is -2.31. The fourth-order valence-electron chi connectivity index (χ4n) is 3.87. The van der Waals surface area contributed by atoms with Gasteiger partial charge in [-0.05, 0) is 73.2 Å². The summed E-state index contributed by atoms with van der Waals surface area (Å²) >= 11 is 9.80. The highest BCUT2D eigenvalue weighted by Gasteiger charge is 2.29. The topological polar surface area (TPSA) is 63.1 Å². The summed E-state index contributed by atoms with van der Waals surface area (Å²) in [4.78, 5) is 5.02. The maximum Gasteiger partial charge on any atom is 0.130 e. The van der Waals surface area contributed by atoms with Crippen molar-refractivity contribution in [3.8, 4) is 17.2 Å². The molecule has 2 unspecified atom stereocenters. The Kier molecular flexibility index (Phi) is 7.04. The summed E-state index contributed by atoms with van der Waals surface area (Å²) in [7, 11) is 1.65. The highest BCUT2D eigenvalue weighted by atomic mass is 79.9. The molecule has 0 aliphatic carbocycles. The van der Waals surface area contributed by atoms with Gasteiger partial charge in [0, 0.05) is 38.8 Å². The highest BCUT2D eigenvalue weighted by Crippen LogP contribution is 2.38. The largest absolute Gasteiger partial charge is 0.508 e. The molecule has 3 aromatic carbocycles. The van der Waals surface area contributed by atoms with Crippen molar-refractivity contribution in [1.82, 2.24) is 5.32 Å². The van der Waals surface area contributed by atoms with Gasteiger partial charge >= 0.3 is 0 Å². The minimum Gasteiger partial charge on any atom is -0.508 e. The molecule has 0 saturated heterocycles. The van der Waals surface area contributed by atoms with Crippen molar-refractivity contribution in [2.75, 3.05) is 13.7 Å². The monoisotopic (exact) mass is 514 g/mol. The molecule has 1 aliphatic rings. The van der Waals surface area contributed by atoms with Gasteiger partial charge < -0.3 is 14.6 Å². The van der Waals surface area contributed by atoms with E-state index in [1.165, 1.54) is 0 Å². The summed E-state index contributed by atoms with van der Waals surface area (Å²) < 4.78 is 12.1. The van der Waals surface area contributed by atoms with Crippen LogP contribution in [0.2, 0.25) is 5.02 Å². The van der Waals surface area contributed by atoms with E-state index < -0.39 is 0 Å². The molecule has 0 amide bonds. The third-order valence-corrected chi connectivity index (χ3v) is 6.12. The molecule has 166 valence electrons. The van der Waals surface area contributed by atoms with Crippen molar-refractivity contribution in [3.63, 3.8) is 0 Å². The van der Waals surface area contributed by atoms with E-state index in [4.69, 9.17) is 26.1 Å². The average molecular weight is 516 g/mol. The molecule has 0 aromatic heterocycles. The molecule has 32 heavy (non-hydrogen) atoms. The first kappa shape index (κ1) is 22.6. The summed E-state index contributed by atoms with van der Waals surface area (Å²) in [6.07, 6.45) is 0.218. The van der Waals surface area contributed by atoms with Crippen molar-refractivity contribution in [2.24, 2.45) is 4.99 Å². The van der Waals surface area contributed by atoms with Gasteiger partial charge in [0.15, 0.2) is 0 Å².